The fraction of sp³-hybridized carbons (Fsp3) is 0.529. The van der Waals surface area contributed by atoms with Crippen molar-refractivity contribution in [3.63, 3.8) is 0 Å². The smallest absolute Gasteiger partial charge is 0.161 e. The molecule has 19 heavy (non-hydrogen) atoms. The Bertz CT molecular complexity index is 418. The van der Waals surface area contributed by atoms with Crippen LogP contribution in [0.1, 0.15) is 51.5 Å². The zero-order valence-electron chi connectivity index (χ0n) is 12.2. The van der Waals surface area contributed by atoms with Crippen molar-refractivity contribution >= 4 is 0 Å². The molecule has 0 amide bonds. The molecule has 1 aromatic carbocycles. The summed E-state index contributed by atoms with van der Waals surface area (Å²) in [6.07, 6.45) is 8.09. The predicted octanol–water partition coefficient (Wildman–Crippen LogP) is 4.39. The number of hydrogen-bond acceptors (Lipinski definition) is 2. The molecular formula is C17H24O2. The summed E-state index contributed by atoms with van der Waals surface area (Å²) in [5.74, 6) is 4.70. The lowest BCUT2D eigenvalue weighted by Gasteiger charge is -2.15. The summed E-state index contributed by atoms with van der Waals surface area (Å²) in [6, 6.07) is 6.12. The van der Waals surface area contributed by atoms with E-state index in [4.69, 9.17) is 15.9 Å². The first-order chi connectivity index (χ1) is 9.22. The van der Waals surface area contributed by atoms with Crippen molar-refractivity contribution in [3.05, 3.63) is 23.8 Å². The summed E-state index contributed by atoms with van der Waals surface area (Å²) >= 11 is 0. The van der Waals surface area contributed by atoms with Crippen LogP contribution in [0.2, 0.25) is 0 Å². The van der Waals surface area contributed by atoms with Crippen LogP contribution < -0.4 is 9.47 Å². The zero-order valence-corrected chi connectivity index (χ0v) is 12.2. The Balaban J connectivity index is 2.90. The van der Waals surface area contributed by atoms with Crippen LogP contribution >= 0.6 is 0 Å². The van der Waals surface area contributed by atoms with E-state index in [2.05, 4.69) is 38.8 Å². The Hall–Kier alpha value is -1.62. The topological polar surface area (TPSA) is 18.5 Å². The van der Waals surface area contributed by atoms with Crippen LogP contribution in [0.3, 0.4) is 0 Å². The van der Waals surface area contributed by atoms with Crippen molar-refractivity contribution in [1.29, 1.82) is 0 Å². The Kier molecular flexibility index (Phi) is 6.89. The normalized spacial score (nSPS) is 11.7. The molecular weight excluding hydrogens is 236 g/mol. The molecule has 0 aliphatic carbocycles. The maximum Gasteiger partial charge on any atom is 0.161 e. The van der Waals surface area contributed by atoms with Crippen LogP contribution in [0.25, 0.3) is 0 Å². The lowest BCUT2D eigenvalue weighted by atomic mass is 9.98. The van der Waals surface area contributed by atoms with E-state index in [1.54, 1.807) is 0 Å². The monoisotopic (exact) mass is 260 g/mol. The second-order valence-corrected chi connectivity index (χ2v) is 4.71. The zero-order chi connectivity index (χ0) is 14.1. The third-order valence-electron chi connectivity index (χ3n) is 2.88. The van der Waals surface area contributed by atoms with Crippen LogP contribution in [0.4, 0.5) is 0 Å². The van der Waals surface area contributed by atoms with Gasteiger partial charge < -0.3 is 9.47 Å². The van der Waals surface area contributed by atoms with E-state index >= 15 is 0 Å². The van der Waals surface area contributed by atoms with Crippen molar-refractivity contribution in [1.82, 2.24) is 0 Å². The Labute approximate surface area is 117 Å². The molecule has 0 spiro atoms. The van der Waals surface area contributed by atoms with E-state index < -0.39 is 0 Å². The first-order valence-corrected chi connectivity index (χ1v) is 7.05. The van der Waals surface area contributed by atoms with Gasteiger partial charge in [0.15, 0.2) is 11.5 Å². The summed E-state index contributed by atoms with van der Waals surface area (Å²) in [7, 11) is 0. The molecule has 0 aromatic heterocycles. The molecule has 0 fully saturated rings. The largest absolute Gasteiger partial charge is 0.490 e. The van der Waals surface area contributed by atoms with Gasteiger partial charge in [-0.15, -0.1) is 12.3 Å². The molecule has 0 saturated carbocycles. The fourth-order valence-corrected chi connectivity index (χ4v) is 1.78. The van der Waals surface area contributed by atoms with Crippen molar-refractivity contribution in [2.45, 2.75) is 46.0 Å². The van der Waals surface area contributed by atoms with Crippen molar-refractivity contribution in [2.24, 2.45) is 0 Å². The van der Waals surface area contributed by atoms with Crippen LogP contribution in [0.5, 0.6) is 11.5 Å². The number of hydrogen-bond donors (Lipinski definition) is 0. The Morgan fingerprint density at radius 1 is 1.11 bits per heavy atom. The fourth-order valence-electron chi connectivity index (χ4n) is 1.78. The maximum absolute atomic E-state index is 5.78. The van der Waals surface area contributed by atoms with Crippen LogP contribution in [0.15, 0.2) is 18.2 Å². The van der Waals surface area contributed by atoms with Crippen molar-refractivity contribution < 1.29 is 9.47 Å². The predicted molar refractivity (Wildman–Crippen MR) is 79.9 cm³/mol. The molecule has 1 aromatic rings. The highest BCUT2D eigenvalue weighted by molar-refractivity contribution is 5.44. The van der Waals surface area contributed by atoms with Crippen LogP contribution in [-0.4, -0.2) is 13.2 Å². The molecule has 2 nitrogen and oxygen atoms in total. The Morgan fingerprint density at radius 2 is 1.74 bits per heavy atom. The van der Waals surface area contributed by atoms with Gasteiger partial charge in [-0.2, -0.15) is 0 Å². The molecule has 0 heterocycles. The van der Waals surface area contributed by atoms with Crippen molar-refractivity contribution in [3.8, 4) is 23.8 Å². The first-order valence-electron chi connectivity index (χ1n) is 7.05. The number of ether oxygens (including phenoxy) is 2. The lowest BCUT2D eigenvalue weighted by Crippen LogP contribution is -2.02. The number of terminal acetylenes is 1. The molecule has 2 heteroatoms. The highest BCUT2D eigenvalue weighted by Crippen LogP contribution is 2.32. The standard InChI is InChI=1S/C17H24O2/c1-5-8-14(4)15-9-10-16(18-11-6-2)17(13-15)19-12-7-3/h1,9-10,13-14H,6-8,11-12H2,2-4H3. The third kappa shape index (κ3) is 4.87. The van der Waals surface area contributed by atoms with E-state index in [-0.39, 0.29) is 0 Å². The molecule has 0 N–H and O–H groups in total. The Morgan fingerprint density at radius 3 is 2.32 bits per heavy atom. The van der Waals surface area contributed by atoms with Crippen LogP contribution in [-0.2, 0) is 0 Å². The van der Waals surface area contributed by atoms with Crippen molar-refractivity contribution in [2.75, 3.05) is 13.2 Å². The highest BCUT2D eigenvalue weighted by Gasteiger charge is 2.10. The molecule has 1 rings (SSSR count). The van der Waals surface area contributed by atoms with Gasteiger partial charge in [-0.25, -0.2) is 0 Å². The van der Waals surface area contributed by atoms with Gasteiger partial charge in [0.2, 0.25) is 0 Å². The van der Waals surface area contributed by atoms with E-state index in [1.165, 1.54) is 5.56 Å². The van der Waals surface area contributed by atoms with E-state index in [0.717, 1.165) is 30.8 Å². The van der Waals surface area contributed by atoms with Gasteiger partial charge in [0.05, 0.1) is 13.2 Å². The summed E-state index contributed by atoms with van der Waals surface area (Å²) in [6.45, 7) is 7.73. The third-order valence-corrected chi connectivity index (χ3v) is 2.88. The van der Waals surface area contributed by atoms with Gasteiger partial charge >= 0.3 is 0 Å². The second-order valence-electron chi connectivity index (χ2n) is 4.71. The molecule has 104 valence electrons. The van der Waals surface area contributed by atoms with E-state index in [0.29, 0.717) is 19.1 Å². The van der Waals surface area contributed by atoms with Gasteiger partial charge in [-0.3, -0.25) is 0 Å². The molecule has 1 atom stereocenters. The number of rotatable bonds is 8. The summed E-state index contributed by atoms with van der Waals surface area (Å²) in [5, 5.41) is 0. The van der Waals surface area contributed by atoms with E-state index in [1.807, 2.05) is 6.07 Å². The average Bonchev–Trinajstić information content (AvgIpc) is 2.43. The lowest BCUT2D eigenvalue weighted by molar-refractivity contribution is 0.268. The minimum absolute atomic E-state index is 0.342. The summed E-state index contributed by atoms with van der Waals surface area (Å²) in [5.41, 5.74) is 1.20. The van der Waals surface area contributed by atoms with Crippen LogP contribution in [0, 0.1) is 12.3 Å². The highest BCUT2D eigenvalue weighted by atomic mass is 16.5. The molecule has 0 saturated heterocycles. The molecule has 0 radical (unpaired) electrons. The maximum atomic E-state index is 5.78. The molecule has 1 unspecified atom stereocenters. The number of benzene rings is 1. The molecule has 0 aliphatic rings. The minimum Gasteiger partial charge on any atom is -0.490 e. The second kappa shape index (κ2) is 8.48. The van der Waals surface area contributed by atoms with E-state index in [9.17, 15) is 0 Å². The van der Waals surface area contributed by atoms with Gasteiger partial charge in [0.25, 0.3) is 0 Å². The van der Waals surface area contributed by atoms with Gasteiger partial charge in [0.1, 0.15) is 0 Å². The quantitative estimate of drug-likeness (QED) is 0.645. The van der Waals surface area contributed by atoms with Gasteiger partial charge in [0, 0.05) is 6.42 Å². The van der Waals surface area contributed by atoms with Gasteiger partial charge in [-0.1, -0.05) is 26.8 Å². The summed E-state index contributed by atoms with van der Waals surface area (Å²) < 4.78 is 11.5. The average molecular weight is 260 g/mol. The minimum atomic E-state index is 0.342. The summed E-state index contributed by atoms with van der Waals surface area (Å²) in [4.78, 5) is 0. The van der Waals surface area contributed by atoms with Gasteiger partial charge in [-0.05, 0) is 36.5 Å². The first kappa shape index (κ1) is 15.4. The molecule has 0 bridgehead atoms. The SMILES string of the molecule is C#CCC(C)c1ccc(OCCC)c(OCCC)c1. The molecule has 0 aliphatic heterocycles.